The molecule has 5 heteroatoms. The molecule has 3 aromatic rings. The van der Waals surface area contributed by atoms with E-state index in [0.717, 1.165) is 5.56 Å². The van der Waals surface area contributed by atoms with E-state index in [4.69, 9.17) is 0 Å². The standard InChI is InChI=1S/C16H13N3O2/c20-16(21)12(10-11-4-2-1-3-5-11)13-6-7-14-15(19-13)18-9-8-17-14/h1-9,12H,10H2,(H,20,21). The molecule has 0 aliphatic rings. The number of nitrogens with zero attached hydrogens (tertiary/aromatic N) is 3. The van der Waals surface area contributed by atoms with Crippen molar-refractivity contribution in [2.24, 2.45) is 0 Å². The minimum Gasteiger partial charge on any atom is -0.481 e. The van der Waals surface area contributed by atoms with Crippen LogP contribution < -0.4 is 0 Å². The molecule has 0 radical (unpaired) electrons. The molecule has 0 spiro atoms. The summed E-state index contributed by atoms with van der Waals surface area (Å²) < 4.78 is 0. The van der Waals surface area contributed by atoms with E-state index in [-0.39, 0.29) is 0 Å². The van der Waals surface area contributed by atoms with Crippen molar-refractivity contribution in [1.29, 1.82) is 0 Å². The van der Waals surface area contributed by atoms with Gasteiger partial charge in [-0.1, -0.05) is 30.3 Å². The smallest absolute Gasteiger partial charge is 0.312 e. The van der Waals surface area contributed by atoms with Crippen molar-refractivity contribution in [1.82, 2.24) is 15.0 Å². The normalized spacial score (nSPS) is 12.2. The number of fused-ring (bicyclic) bond motifs is 1. The topological polar surface area (TPSA) is 76.0 Å². The van der Waals surface area contributed by atoms with Crippen molar-refractivity contribution in [2.75, 3.05) is 0 Å². The molecule has 1 N–H and O–H groups in total. The van der Waals surface area contributed by atoms with Gasteiger partial charge in [-0.15, -0.1) is 0 Å². The SMILES string of the molecule is O=C(O)C(Cc1ccccc1)c1ccc2nccnc2n1. The van der Waals surface area contributed by atoms with Gasteiger partial charge in [0, 0.05) is 12.4 Å². The molecule has 0 fully saturated rings. The van der Waals surface area contributed by atoms with Gasteiger partial charge in [-0.25, -0.2) is 9.97 Å². The van der Waals surface area contributed by atoms with Gasteiger partial charge < -0.3 is 5.11 Å². The summed E-state index contributed by atoms with van der Waals surface area (Å²) in [6.07, 6.45) is 3.53. The predicted octanol–water partition coefficient (Wildman–Crippen LogP) is 2.44. The van der Waals surface area contributed by atoms with E-state index < -0.39 is 11.9 Å². The molecule has 0 saturated heterocycles. The first-order valence-electron chi connectivity index (χ1n) is 6.58. The number of carboxylic acids is 1. The Morgan fingerprint density at radius 2 is 1.81 bits per heavy atom. The molecule has 0 aliphatic heterocycles. The molecule has 0 aliphatic carbocycles. The Hall–Kier alpha value is -2.82. The third-order valence-corrected chi connectivity index (χ3v) is 3.29. The van der Waals surface area contributed by atoms with Crippen LogP contribution in [0.5, 0.6) is 0 Å². The molecule has 3 rings (SSSR count). The maximum atomic E-state index is 11.6. The molecule has 2 heterocycles. The predicted molar refractivity (Wildman–Crippen MR) is 77.9 cm³/mol. The molecule has 2 aromatic heterocycles. The summed E-state index contributed by atoms with van der Waals surface area (Å²) in [7, 11) is 0. The molecule has 1 aromatic carbocycles. The Morgan fingerprint density at radius 3 is 2.57 bits per heavy atom. The van der Waals surface area contributed by atoms with Crippen LogP contribution in [0.2, 0.25) is 0 Å². The number of rotatable bonds is 4. The molecule has 0 saturated carbocycles. The lowest BCUT2D eigenvalue weighted by atomic mass is 9.96. The molecular weight excluding hydrogens is 266 g/mol. The highest BCUT2D eigenvalue weighted by atomic mass is 16.4. The second kappa shape index (κ2) is 5.66. The van der Waals surface area contributed by atoms with E-state index in [9.17, 15) is 9.90 Å². The summed E-state index contributed by atoms with van der Waals surface area (Å²) in [5.41, 5.74) is 2.59. The number of benzene rings is 1. The van der Waals surface area contributed by atoms with Crippen molar-refractivity contribution in [3.8, 4) is 0 Å². The van der Waals surface area contributed by atoms with Gasteiger partial charge in [0.1, 0.15) is 11.4 Å². The molecule has 21 heavy (non-hydrogen) atoms. The third kappa shape index (κ3) is 2.86. The van der Waals surface area contributed by atoms with E-state index in [1.807, 2.05) is 30.3 Å². The van der Waals surface area contributed by atoms with Crippen molar-refractivity contribution in [3.05, 3.63) is 66.1 Å². The van der Waals surface area contributed by atoms with Gasteiger partial charge in [-0.05, 0) is 24.1 Å². The molecule has 0 amide bonds. The first kappa shape index (κ1) is 13.2. The highest BCUT2D eigenvalue weighted by Gasteiger charge is 2.22. The van der Waals surface area contributed by atoms with Crippen LogP contribution in [0.15, 0.2) is 54.9 Å². The Kier molecular flexibility index (Phi) is 3.55. The number of hydrogen-bond acceptors (Lipinski definition) is 4. The first-order valence-corrected chi connectivity index (χ1v) is 6.58. The van der Waals surface area contributed by atoms with Crippen LogP contribution in [-0.4, -0.2) is 26.0 Å². The van der Waals surface area contributed by atoms with Crippen LogP contribution in [0.4, 0.5) is 0 Å². The largest absolute Gasteiger partial charge is 0.481 e. The van der Waals surface area contributed by atoms with Crippen LogP contribution in [0.1, 0.15) is 17.2 Å². The molecular formula is C16H13N3O2. The second-order valence-corrected chi connectivity index (χ2v) is 4.72. The maximum absolute atomic E-state index is 11.6. The maximum Gasteiger partial charge on any atom is 0.312 e. The lowest BCUT2D eigenvalue weighted by Gasteiger charge is -2.12. The zero-order valence-corrected chi connectivity index (χ0v) is 11.2. The highest BCUT2D eigenvalue weighted by molar-refractivity contribution is 5.77. The Labute approximate surface area is 121 Å². The Bertz CT molecular complexity index is 775. The van der Waals surface area contributed by atoms with Gasteiger partial charge in [0.2, 0.25) is 0 Å². The van der Waals surface area contributed by atoms with E-state index in [0.29, 0.717) is 23.3 Å². The average Bonchev–Trinajstić information content (AvgIpc) is 2.53. The van der Waals surface area contributed by atoms with Crippen molar-refractivity contribution < 1.29 is 9.90 Å². The quantitative estimate of drug-likeness (QED) is 0.793. The first-order chi connectivity index (χ1) is 10.2. The van der Waals surface area contributed by atoms with E-state index in [2.05, 4.69) is 15.0 Å². The van der Waals surface area contributed by atoms with Crippen LogP contribution >= 0.6 is 0 Å². The summed E-state index contributed by atoms with van der Waals surface area (Å²) in [6, 6.07) is 13.0. The Balaban J connectivity index is 1.97. The lowest BCUT2D eigenvalue weighted by molar-refractivity contribution is -0.138. The fraction of sp³-hybridized carbons (Fsp3) is 0.125. The number of aliphatic carboxylic acids is 1. The summed E-state index contributed by atoms with van der Waals surface area (Å²) in [5.74, 6) is -1.59. The van der Waals surface area contributed by atoms with Gasteiger partial charge in [0.05, 0.1) is 5.69 Å². The molecule has 104 valence electrons. The van der Waals surface area contributed by atoms with E-state index in [1.54, 1.807) is 24.5 Å². The molecule has 5 nitrogen and oxygen atoms in total. The Morgan fingerprint density at radius 1 is 1.05 bits per heavy atom. The highest BCUT2D eigenvalue weighted by Crippen LogP contribution is 2.21. The minimum atomic E-state index is -0.894. The van der Waals surface area contributed by atoms with E-state index >= 15 is 0 Å². The van der Waals surface area contributed by atoms with E-state index in [1.165, 1.54) is 0 Å². The summed E-state index contributed by atoms with van der Waals surface area (Å²) in [4.78, 5) is 24.2. The molecule has 1 atom stereocenters. The number of carboxylic acid groups (broad SMARTS) is 1. The lowest BCUT2D eigenvalue weighted by Crippen LogP contribution is -2.16. The summed E-state index contributed by atoms with van der Waals surface area (Å²) >= 11 is 0. The van der Waals surface area contributed by atoms with Crippen LogP contribution in [0, 0.1) is 0 Å². The fourth-order valence-electron chi connectivity index (χ4n) is 2.23. The van der Waals surface area contributed by atoms with Crippen molar-refractivity contribution >= 4 is 17.1 Å². The zero-order chi connectivity index (χ0) is 14.7. The number of hydrogen-bond donors (Lipinski definition) is 1. The van der Waals surface area contributed by atoms with Crippen molar-refractivity contribution in [3.63, 3.8) is 0 Å². The molecule has 1 unspecified atom stereocenters. The van der Waals surface area contributed by atoms with Crippen LogP contribution in [0.25, 0.3) is 11.2 Å². The fourth-order valence-corrected chi connectivity index (χ4v) is 2.23. The number of carbonyl (C=O) groups is 1. The number of aromatic nitrogens is 3. The van der Waals surface area contributed by atoms with Gasteiger partial charge in [-0.2, -0.15) is 0 Å². The molecule has 0 bridgehead atoms. The van der Waals surface area contributed by atoms with Gasteiger partial charge in [0.25, 0.3) is 0 Å². The van der Waals surface area contributed by atoms with Crippen molar-refractivity contribution in [2.45, 2.75) is 12.3 Å². The number of pyridine rings is 1. The average molecular weight is 279 g/mol. The summed E-state index contributed by atoms with van der Waals surface area (Å²) in [5, 5.41) is 9.48. The van der Waals surface area contributed by atoms with Gasteiger partial charge in [-0.3, -0.25) is 9.78 Å². The van der Waals surface area contributed by atoms with Crippen LogP contribution in [0.3, 0.4) is 0 Å². The summed E-state index contributed by atoms with van der Waals surface area (Å²) in [6.45, 7) is 0. The third-order valence-electron chi connectivity index (χ3n) is 3.29. The van der Waals surface area contributed by atoms with Gasteiger partial charge >= 0.3 is 5.97 Å². The second-order valence-electron chi connectivity index (χ2n) is 4.72. The monoisotopic (exact) mass is 279 g/mol. The van der Waals surface area contributed by atoms with Gasteiger partial charge in [0.15, 0.2) is 5.65 Å². The zero-order valence-electron chi connectivity index (χ0n) is 11.2. The minimum absolute atomic E-state index is 0.398. The van der Waals surface area contributed by atoms with Crippen LogP contribution in [-0.2, 0) is 11.2 Å².